The Labute approximate surface area is 193 Å². The molecule has 4 nitrogen and oxygen atoms in total. The Kier molecular flexibility index (Phi) is 8.49. The Hall–Kier alpha value is -2.62. The molecule has 4 unspecified atom stereocenters. The van der Waals surface area contributed by atoms with E-state index in [-0.39, 0.29) is 23.6 Å². The Morgan fingerprint density at radius 3 is 1.66 bits per heavy atom. The van der Waals surface area contributed by atoms with E-state index in [1.807, 2.05) is 24.6 Å². The maximum atomic E-state index is 10.2. The van der Waals surface area contributed by atoms with Gasteiger partial charge in [0.05, 0.1) is 12.1 Å². The summed E-state index contributed by atoms with van der Waals surface area (Å²) >= 11 is 0. The average Bonchev–Trinajstić information content (AvgIpc) is 2.82. The third kappa shape index (κ3) is 6.21. The molecular formula is C28H38N2O2. The summed E-state index contributed by atoms with van der Waals surface area (Å²) in [7, 11) is 0. The van der Waals surface area contributed by atoms with E-state index in [1.54, 1.807) is 12.1 Å². The zero-order valence-corrected chi connectivity index (χ0v) is 20.0. The maximum absolute atomic E-state index is 10.2. The molecule has 1 fully saturated rings. The first-order valence-corrected chi connectivity index (χ1v) is 12.1. The molecule has 0 heterocycles. The minimum Gasteiger partial charge on any atom is -0.507 e. The monoisotopic (exact) mass is 434 g/mol. The number of benzene rings is 2. The van der Waals surface area contributed by atoms with Crippen LogP contribution in [0.25, 0.3) is 0 Å². The molecule has 3 rings (SSSR count). The second-order valence-corrected chi connectivity index (χ2v) is 9.29. The molecular weight excluding hydrogens is 396 g/mol. The van der Waals surface area contributed by atoms with Crippen molar-refractivity contribution in [2.24, 2.45) is 9.98 Å². The molecule has 172 valence electrons. The van der Waals surface area contributed by atoms with Crippen LogP contribution in [0.15, 0.2) is 46.4 Å². The number of aliphatic imine (C=N–C) groups is 2. The molecule has 4 atom stereocenters. The number of rotatable bonds is 8. The lowest BCUT2D eigenvalue weighted by molar-refractivity contribution is 0.397. The fraction of sp³-hybridized carbons (Fsp3) is 0.500. The van der Waals surface area contributed by atoms with Crippen LogP contribution in [0, 0.1) is 0 Å². The molecule has 2 aromatic carbocycles. The molecule has 1 saturated carbocycles. The highest BCUT2D eigenvalue weighted by molar-refractivity contribution is 5.84. The minimum absolute atomic E-state index is 0.206. The number of hydrogen-bond donors (Lipinski definition) is 2. The number of aromatic hydroxyl groups is 2. The van der Waals surface area contributed by atoms with Gasteiger partial charge in [0.1, 0.15) is 11.5 Å². The summed E-state index contributed by atoms with van der Waals surface area (Å²) in [6.07, 6.45) is 9.87. The van der Waals surface area contributed by atoms with Gasteiger partial charge in [-0.3, -0.25) is 9.98 Å². The second kappa shape index (κ2) is 11.3. The second-order valence-electron chi connectivity index (χ2n) is 9.29. The summed E-state index contributed by atoms with van der Waals surface area (Å²) in [6.45, 7) is 8.75. The average molecular weight is 435 g/mol. The summed E-state index contributed by atoms with van der Waals surface area (Å²) in [5.74, 6) is 1.49. The van der Waals surface area contributed by atoms with Crippen LogP contribution in [-0.2, 0) is 0 Å². The molecule has 0 radical (unpaired) electrons. The molecule has 2 N–H and O–H groups in total. The predicted molar refractivity (Wildman–Crippen MR) is 135 cm³/mol. The van der Waals surface area contributed by atoms with E-state index in [4.69, 9.17) is 9.98 Å². The number of hydrogen-bond acceptors (Lipinski definition) is 4. The van der Waals surface area contributed by atoms with Crippen molar-refractivity contribution < 1.29 is 10.2 Å². The van der Waals surface area contributed by atoms with E-state index in [0.717, 1.165) is 49.7 Å². The van der Waals surface area contributed by atoms with Crippen LogP contribution >= 0.6 is 0 Å². The lowest BCUT2D eigenvalue weighted by Crippen LogP contribution is -2.21. The highest BCUT2D eigenvalue weighted by Crippen LogP contribution is 2.28. The Bertz CT molecular complexity index is 875. The smallest absolute Gasteiger partial charge is 0.124 e. The van der Waals surface area contributed by atoms with Crippen LogP contribution in [-0.4, -0.2) is 34.7 Å². The van der Waals surface area contributed by atoms with Crippen molar-refractivity contribution in [2.45, 2.75) is 90.1 Å². The van der Waals surface area contributed by atoms with E-state index >= 15 is 0 Å². The summed E-state index contributed by atoms with van der Waals surface area (Å²) in [4.78, 5) is 9.61. The third-order valence-corrected chi connectivity index (χ3v) is 6.93. The number of nitrogens with zero attached hydrogens (tertiary/aromatic N) is 2. The van der Waals surface area contributed by atoms with Crippen LogP contribution in [0.3, 0.4) is 0 Å². The molecule has 0 bridgehead atoms. The first-order valence-electron chi connectivity index (χ1n) is 12.1. The van der Waals surface area contributed by atoms with Crippen molar-refractivity contribution >= 4 is 12.4 Å². The SMILES string of the molecule is CCC(C)c1ccc(O)c(C=NC2CCCC(N=Cc3cc(C(C)CC)ccc3O)C2)c1. The molecule has 0 amide bonds. The first-order chi connectivity index (χ1) is 15.4. The van der Waals surface area contributed by atoms with Crippen LogP contribution in [0.2, 0.25) is 0 Å². The van der Waals surface area contributed by atoms with E-state index in [1.165, 1.54) is 11.1 Å². The van der Waals surface area contributed by atoms with Gasteiger partial charge in [-0.1, -0.05) is 39.8 Å². The minimum atomic E-state index is 0.206. The molecule has 4 heteroatoms. The van der Waals surface area contributed by atoms with E-state index in [9.17, 15) is 10.2 Å². The van der Waals surface area contributed by atoms with Gasteiger partial charge in [0, 0.05) is 23.6 Å². The van der Waals surface area contributed by atoms with Crippen LogP contribution < -0.4 is 0 Å². The topological polar surface area (TPSA) is 65.2 Å². The normalized spacial score (nSPS) is 21.2. The lowest BCUT2D eigenvalue weighted by Gasteiger charge is -2.24. The van der Waals surface area contributed by atoms with Crippen molar-refractivity contribution in [3.05, 3.63) is 58.7 Å². The summed E-state index contributed by atoms with van der Waals surface area (Å²) in [5.41, 5.74) is 4.05. The zero-order valence-electron chi connectivity index (χ0n) is 20.0. The quantitative estimate of drug-likeness (QED) is 0.440. The lowest BCUT2D eigenvalue weighted by atomic mass is 9.91. The third-order valence-electron chi connectivity index (χ3n) is 6.93. The van der Waals surface area contributed by atoms with Gasteiger partial charge < -0.3 is 10.2 Å². The van der Waals surface area contributed by atoms with Crippen molar-refractivity contribution in [1.82, 2.24) is 0 Å². The molecule has 2 aromatic rings. The van der Waals surface area contributed by atoms with Gasteiger partial charge in [-0.05, 0) is 85.8 Å². The summed E-state index contributed by atoms with van der Waals surface area (Å²) in [6, 6.07) is 12.1. The van der Waals surface area contributed by atoms with Gasteiger partial charge in [-0.25, -0.2) is 0 Å². The van der Waals surface area contributed by atoms with Crippen LogP contribution in [0.1, 0.15) is 100 Å². The molecule has 32 heavy (non-hydrogen) atoms. The van der Waals surface area contributed by atoms with Gasteiger partial charge in [-0.2, -0.15) is 0 Å². The van der Waals surface area contributed by atoms with Gasteiger partial charge in [0.2, 0.25) is 0 Å². The molecule has 0 saturated heterocycles. The summed E-state index contributed by atoms with van der Waals surface area (Å²) in [5, 5.41) is 20.5. The largest absolute Gasteiger partial charge is 0.507 e. The predicted octanol–water partition coefficient (Wildman–Crippen LogP) is 6.97. The molecule has 0 aliphatic heterocycles. The maximum Gasteiger partial charge on any atom is 0.124 e. The van der Waals surface area contributed by atoms with Crippen molar-refractivity contribution in [3.63, 3.8) is 0 Å². The fourth-order valence-electron chi connectivity index (χ4n) is 4.22. The van der Waals surface area contributed by atoms with Gasteiger partial charge in [-0.15, -0.1) is 0 Å². The Morgan fingerprint density at radius 2 is 1.25 bits per heavy atom. The molecule has 1 aliphatic carbocycles. The first kappa shape index (κ1) is 24.0. The van der Waals surface area contributed by atoms with E-state index in [0.29, 0.717) is 11.8 Å². The molecule has 1 aliphatic rings. The Morgan fingerprint density at radius 1 is 0.812 bits per heavy atom. The number of phenolic OH excluding ortho intramolecular Hbond substituents is 2. The standard InChI is InChI=1S/C28H38N2O2/c1-5-19(3)21-10-12-27(31)23(14-21)17-29-25-8-7-9-26(16-25)30-18-24-15-22(20(4)6-2)11-13-28(24)32/h10-15,17-20,25-26,31-32H,5-9,16H2,1-4H3. The van der Waals surface area contributed by atoms with Crippen LogP contribution in [0.4, 0.5) is 0 Å². The van der Waals surface area contributed by atoms with Gasteiger partial charge >= 0.3 is 0 Å². The van der Waals surface area contributed by atoms with E-state index < -0.39 is 0 Å². The highest BCUT2D eigenvalue weighted by Gasteiger charge is 2.20. The number of phenols is 2. The molecule has 0 spiro atoms. The zero-order chi connectivity index (χ0) is 23.1. The van der Waals surface area contributed by atoms with Gasteiger partial charge in [0.25, 0.3) is 0 Å². The summed E-state index contributed by atoms with van der Waals surface area (Å²) < 4.78 is 0. The van der Waals surface area contributed by atoms with Crippen LogP contribution in [0.5, 0.6) is 11.5 Å². The highest BCUT2D eigenvalue weighted by atomic mass is 16.3. The van der Waals surface area contributed by atoms with Gasteiger partial charge in [0.15, 0.2) is 0 Å². The Balaban J connectivity index is 1.67. The molecule has 0 aromatic heterocycles. The van der Waals surface area contributed by atoms with Crippen molar-refractivity contribution in [2.75, 3.05) is 0 Å². The fourth-order valence-corrected chi connectivity index (χ4v) is 4.22. The van der Waals surface area contributed by atoms with Crippen molar-refractivity contribution in [3.8, 4) is 11.5 Å². The van der Waals surface area contributed by atoms with E-state index in [2.05, 4.69) is 39.8 Å². The van der Waals surface area contributed by atoms with Crippen molar-refractivity contribution in [1.29, 1.82) is 0 Å².